The van der Waals surface area contributed by atoms with Gasteiger partial charge in [0.2, 0.25) is 0 Å². The minimum atomic E-state index is -1.04. The van der Waals surface area contributed by atoms with Crippen LogP contribution in [-0.4, -0.2) is 37.6 Å². The highest BCUT2D eigenvalue weighted by Gasteiger charge is 2.21. The molecule has 0 aliphatic carbocycles. The molecule has 2 N–H and O–H groups in total. The minimum Gasteiger partial charge on any atom is -0.480 e. The Labute approximate surface area is 128 Å². The average Bonchev–Trinajstić information content (AvgIpc) is 3.00. The van der Waals surface area contributed by atoms with Crippen molar-refractivity contribution in [2.24, 2.45) is 5.92 Å². The van der Waals surface area contributed by atoms with Crippen LogP contribution in [0.1, 0.15) is 30.6 Å². The summed E-state index contributed by atoms with van der Waals surface area (Å²) < 4.78 is 1.67. The molecule has 1 amide bonds. The van der Waals surface area contributed by atoms with Crippen LogP contribution in [0.5, 0.6) is 0 Å². The van der Waals surface area contributed by atoms with E-state index in [1.54, 1.807) is 35.4 Å². The first-order chi connectivity index (χ1) is 10.5. The second-order valence-corrected chi connectivity index (χ2v) is 5.37. The molecule has 0 bridgehead atoms. The number of rotatable bonds is 6. The Kier molecular flexibility index (Phi) is 4.88. The molecule has 2 aromatic rings. The van der Waals surface area contributed by atoms with E-state index in [9.17, 15) is 14.7 Å². The van der Waals surface area contributed by atoms with Crippen molar-refractivity contribution in [2.75, 3.05) is 0 Å². The molecule has 0 fully saturated rings. The monoisotopic (exact) mass is 302 g/mol. The molecule has 7 heteroatoms. The Morgan fingerprint density at radius 2 is 2.14 bits per heavy atom. The molecule has 2 heterocycles. The van der Waals surface area contributed by atoms with Crippen LogP contribution in [-0.2, 0) is 4.79 Å². The number of aliphatic carboxylic acids is 1. The normalized spacial score (nSPS) is 12.1. The Hall–Kier alpha value is -2.70. The molecule has 0 saturated heterocycles. The molecular weight excluding hydrogens is 284 g/mol. The molecule has 2 rings (SSSR count). The summed E-state index contributed by atoms with van der Waals surface area (Å²) in [7, 11) is 0. The number of carbonyl (C=O) groups excluding carboxylic acids is 1. The van der Waals surface area contributed by atoms with Crippen molar-refractivity contribution in [2.45, 2.75) is 26.3 Å². The lowest BCUT2D eigenvalue weighted by atomic mass is 10.0. The molecule has 2 aromatic heterocycles. The van der Waals surface area contributed by atoms with E-state index in [1.165, 1.54) is 6.20 Å². The molecule has 116 valence electrons. The van der Waals surface area contributed by atoms with E-state index in [0.29, 0.717) is 17.8 Å². The second kappa shape index (κ2) is 6.84. The van der Waals surface area contributed by atoms with Gasteiger partial charge in [0.15, 0.2) is 0 Å². The van der Waals surface area contributed by atoms with Gasteiger partial charge in [-0.1, -0.05) is 13.8 Å². The summed E-state index contributed by atoms with van der Waals surface area (Å²) in [5.74, 6) is -0.760. The third kappa shape index (κ3) is 3.91. The Balaban J connectivity index is 2.15. The molecule has 0 aliphatic rings. The number of pyridine rings is 1. The SMILES string of the molecule is CC(C)C[C@@H](NC(=O)c1ccnc(-n2ccnc2)c1)C(=O)O. The fourth-order valence-corrected chi connectivity index (χ4v) is 2.03. The summed E-state index contributed by atoms with van der Waals surface area (Å²) in [4.78, 5) is 31.5. The van der Waals surface area contributed by atoms with Gasteiger partial charge in [0.1, 0.15) is 18.2 Å². The maximum absolute atomic E-state index is 12.2. The maximum atomic E-state index is 12.2. The third-order valence-electron chi connectivity index (χ3n) is 3.09. The largest absolute Gasteiger partial charge is 0.480 e. The number of hydrogen-bond donors (Lipinski definition) is 2. The number of nitrogens with zero attached hydrogens (tertiary/aromatic N) is 3. The number of aromatic nitrogens is 3. The van der Waals surface area contributed by atoms with Crippen molar-refractivity contribution in [1.29, 1.82) is 0 Å². The molecule has 7 nitrogen and oxygen atoms in total. The first-order valence-corrected chi connectivity index (χ1v) is 6.95. The van der Waals surface area contributed by atoms with Crippen molar-refractivity contribution in [3.8, 4) is 5.82 Å². The predicted octanol–water partition coefficient (Wildman–Crippen LogP) is 1.50. The van der Waals surface area contributed by atoms with E-state index in [2.05, 4.69) is 15.3 Å². The highest BCUT2D eigenvalue weighted by atomic mass is 16.4. The quantitative estimate of drug-likeness (QED) is 0.842. The number of carboxylic acid groups (broad SMARTS) is 1. The molecule has 1 atom stereocenters. The molecule has 0 unspecified atom stereocenters. The van der Waals surface area contributed by atoms with Gasteiger partial charge in [-0.05, 0) is 24.5 Å². The fourth-order valence-electron chi connectivity index (χ4n) is 2.03. The van der Waals surface area contributed by atoms with Crippen molar-refractivity contribution in [1.82, 2.24) is 19.9 Å². The molecule has 0 spiro atoms. The first-order valence-electron chi connectivity index (χ1n) is 6.95. The van der Waals surface area contributed by atoms with E-state index in [1.807, 2.05) is 13.8 Å². The molecule has 0 radical (unpaired) electrons. The second-order valence-electron chi connectivity index (χ2n) is 5.37. The Morgan fingerprint density at radius 1 is 1.36 bits per heavy atom. The highest BCUT2D eigenvalue weighted by molar-refractivity contribution is 5.96. The van der Waals surface area contributed by atoms with E-state index in [0.717, 1.165) is 0 Å². The van der Waals surface area contributed by atoms with Gasteiger partial charge < -0.3 is 10.4 Å². The standard InChI is InChI=1S/C15H18N4O3/c1-10(2)7-12(15(21)22)18-14(20)11-3-4-17-13(8-11)19-6-5-16-9-19/h3-6,8-10,12H,7H2,1-2H3,(H,18,20)(H,21,22)/t12-/m1/s1. The van der Waals surface area contributed by atoms with Crippen LogP contribution in [0.2, 0.25) is 0 Å². The lowest BCUT2D eigenvalue weighted by Crippen LogP contribution is -2.41. The van der Waals surface area contributed by atoms with Crippen molar-refractivity contribution in [3.05, 3.63) is 42.6 Å². The van der Waals surface area contributed by atoms with Crippen molar-refractivity contribution >= 4 is 11.9 Å². The fraction of sp³-hybridized carbons (Fsp3) is 0.333. The zero-order valence-electron chi connectivity index (χ0n) is 12.4. The number of hydrogen-bond acceptors (Lipinski definition) is 4. The lowest BCUT2D eigenvalue weighted by molar-refractivity contribution is -0.139. The van der Waals surface area contributed by atoms with E-state index in [-0.39, 0.29) is 5.92 Å². The molecule has 0 aliphatic heterocycles. The third-order valence-corrected chi connectivity index (χ3v) is 3.09. The Bertz CT molecular complexity index is 653. The summed E-state index contributed by atoms with van der Waals surface area (Å²) in [6.07, 6.45) is 6.77. The molecule has 0 saturated carbocycles. The van der Waals surface area contributed by atoms with Gasteiger partial charge in [0, 0.05) is 24.2 Å². The van der Waals surface area contributed by atoms with Crippen LogP contribution < -0.4 is 5.32 Å². The van der Waals surface area contributed by atoms with Crippen LogP contribution in [0, 0.1) is 5.92 Å². The van der Waals surface area contributed by atoms with Gasteiger partial charge in [0.25, 0.3) is 5.91 Å². The van der Waals surface area contributed by atoms with Gasteiger partial charge in [-0.25, -0.2) is 14.8 Å². The molecule has 0 aromatic carbocycles. The van der Waals surface area contributed by atoms with E-state index < -0.39 is 17.9 Å². The number of imidazole rings is 1. The lowest BCUT2D eigenvalue weighted by Gasteiger charge is -2.16. The van der Waals surface area contributed by atoms with Crippen molar-refractivity contribution < 1.29 is 14.7 Å². The Morgan fingerprint density at radius 3 is 2.73 bits per heavy atom. The predicted molar refractivity (Wildman–Crippen MR) is 79.7 cm³/mol. The summed E-state index contributed by atoms with van der Waals surface area (Å²) in [6, 6.07) is 2.23. The van der Waals surface area contributed by atoms with E-state index in [4.69, 9.17) is 0 Å². The van der Waals surface area contributed by atoms with E-state index >= 15 is 0 Å². The number of carbonyl (C=O) groups is 2. The van der Waals surface area contributed by atoms with Gasteiger partial charge in [0.05, 0.1) is 0 Å². The maximum Gasteiger partial charge on any atom is 0.326 e. The number of nitrogens with one attached hydrogen (secondary N) is 1. The molecule has 22 heavy (non-hydrogen) atoms. The zero-order chi connectivity index (χ0) is 16.1. The first kappa shape index (κ1) is 15.7. The van der Waals surface area contributed by atoms with Crippen LogP contribution >= 0.6 is 0 Å². The van der Waals surface area contributed by atoms with Crippen LogP contribution in [0.15, 0.2) is 37.1 Å². The van der Waals surface area contributed by atoms with Gasteiger partial charge in [-0.3, -0.25) is 9.36 Å². The van der Waals surface area contributed by atoms with Crippen LogP contribution in [0.3, 0.4) is 0 Å². The minimum absolute atomic E-state index is 0.167. The average molecular weight is 302 g/mol. The van der Waals surface area contributed by atoms with Crippen LogP contribution in [0.25, 0.3) is 5.82 Å². The summed E-state index contributed by atoms with van der Waals surface area (Å²) in [5.41, 5.74) is 0.355. The topological polar surface area (TPSA) is 97.1 Å². The summed E-state index contributed by atoms with van der Waals surface area (Å²) >= 11 is 0. The van der Waals surface area contributed by atoms with Gasteiger partial charge >= 0.3 is 5.97 Å². The number of amides is 1. The molecular formula is C15H18N4O3. The zero-order valence-corrected chi connectivity index (χ0v) is 12.4. The van der Waals surface area contributed by atoms with Crippen molar-refractivity contribution in [3.63, 3.8) is 0 Å². The van der Waals surface area contributed by atoms with Crippen LogP contribution in [0.4, 0.5) is 0 Å². The number of carboxylic acids is 1. The highest BCUT2D eigenvalue weighted by Crippen LogP contribution is 2.09. The van der Waals surface area contributed by atoms with Gasteiger partial charge in [-0.2, -0.15) is 0 Å². The smallest absolute Gasteiger partial charge is 0.326 e. The summed E-state index contributed by atoms with van der Waals surface area (Å²) in [6.45, 7) is 3.82. The van der Waals surface area contributed by atoms with Gasteiger partial charge in [-0.15, -0.1) is 0 Å². The summed E-state index contributed by atoms with van der Waals surface area (Å²) in [5, 5.41) is 11.7.